The van der Waals surface area contributed by atoms with E-state index in [4.69, 9.17) is 15.7 Å². The number of ether oxygens (including phenoxy) is 1. The van der Waals surface area contributed by atoms with Crippen LogP contribution in [0.2, 0.25) is 0 Å². The van der Waals surface area contributed by atoms with Crippen LogP contribution in [0.25, 0.3) is 0 Å². The summed E-state index contributed by atoms with van der Waals surface area (Å²) < 4.78 is 5.22. The highest BCUT2D eigenvalue weighted by molar-refractivity contribution is 5.91. The summed E-state index contributed by atoms with van der Waals surface area (Å²) in [5.74, 6) is -0.419. The normalized spacial score (nSPS) is 9.80. The molecule has 0 aliphatic rings. The number of pyridine rings is 1. The number of rotatable bonds is 3. The van der Waals surface area contributed by atoms with Gasteiger partial charge in [0.25, 0.3) is 0 Å². The molecule has 0 fully saturated rings. The van der Waals surface area contributed by atoms with Gasteiger partial charge in [-0.05, 0) is 48.4 Å². The second kappa shape index (κ2) is 5.85. The number of hydrogen-bond acceptors (Lipinski definition) is 5. The van der Waals surface area contributed by atoms with Gasteiger partial charge in [0, 0.05) is 11.9 Å². The molecule has 0 unspecified atom stereocenters. The average molecular weight is 267 g/mol. The van der Waals surface area contributed by atoms with Gasteiger partial charge in [-0.15, -0.1) is 0 Å². The molecule has 2 rings (SSSR count). The maximum atomic E-state index is 12.0. The molecule has 0 atom stereocenters. The fraction of sp³-hybridized carbons (Fsp3) is 0.133. The molecule has 1 aromatic carbocycles. The lowest BCUT2D eigenvalue weighted by molar-refractivity contribution is 0.0472. The lowest BCUT2D eigenvalue weighted by atomic mass is 10.1. The molecule has 0 amide bonds. The smallest absolute Gasteiger partial charge is 0.338 e. The lowest BCUT2D eigenvalue weighted by Crippen LogP contribution is -2.07. The Kier molecular flexibility index (Phi) is 3.96. The van der Waals surface area contributed by atoms with Crippen molar-refractivity contribution in [2.45, 2.75) is 13.5 Å². The molecule has 0 spiro atoms. The molecule has 100 valence electrons. The molecule has 2 aromatic rings. The van der Waals surface area contributed by atoms with Gasteiger partial charge < -0.3 is 10.5 Å². The van der Waals surface area contributed by atoms with Crippen LogP contribution in [0.1, 0.15) is 27.2 Å². The van der Waals surface area contributed by atoms with Gasteiger partial charge in [0.05, 0.1) is 5.56 Å². The summed E-state index contributed by atoms with van der Waals surface area (Å²) >= 11 is 0. The van der Waals surface area contributed by atoms with Crippen LogP contribution in [-0.4, -0.2) is 11.0 Å². The maximum absolute atomic E-state index is 12.0. The third-order valence-corrected chi connectivity index (χ3v) is 2.78. The second-order valence-electron chi connectivity index (χ2n) is 4.31. The van der Waals surface area contributed by atoms with Crippen LogP contribution in [0.15, 0.2) is 36.5 Å². The number of nitriles is 1. The Morgan fingerprint density at radius 1 is 1.40 bits per heavy atom. The number of nitrogens with zero attached hydrogens (tertiary/aromatic N) is 2. The fourth-order valence-electron chi connectivity index (χ4n) is 1.77. The van der Waals surface area contributed by atoms with Crippen molar-refractivity contribution < 1.29 is 9.53 Å². The first-order valence-electron chi connectivity index (χ1n) is 5.98. The minimum atomic E-state index is -0.419. The summed E-state index contributed by atoms with van der Waals surface area (Å²) in [6.45, 7) is 1.90. The Morgan fingerprint density at radius 2 is 2.20 bits per heavy atom. The first-order chi connectivity index (χ1) is 9.60. The largest absolute Gasteiger partial charge is 0.457 e. The Balaban J connectivity index is 2.07. The van der Waals surface area contributed by atoms with E-state index >= 15 is 0 Å². The molecule has 5 nitrogen and oxygen atoms in total. The molecule has 0 bridgehead atoms. The van der Waals surface area contributed by atoms with Gasteiger partial charge in [-0.3, -0.25) is 0 Å². The number of aromatic nitrogens is 1. The standard InChI is InChI=1S/C15H13N3O2/c1-10-6-12(17)2-3-14(10)15(19)20-9-11-4-5-18-13(7-11)8-16/h2-7H,9,17H2,1H3. The number of nitrogens with two attached hydrogens (primary N) is 1. The summed E-state index contributed by atoms with van der Waals surface area (Å²) in [5.41, 5.74) is 8.50. The van der Waals surface area contributed by atoms with E-state index in [1.165, 1.54) is 6.20 Å². The quantitative estimate of drug-likeness (QED) is 0.680. The van der Waals surface area contributed by atoms with E-state index in [9.17, 15) is 4.79 Å². The molecule has 1 aromatic heterocycles. The number of esters is 1. The lowest BCUT2D eigenvalue weighted by Gasteiger charge is -2.08. The monoisotopic (exact) mass is 267 g/mol. The van der Waals surface area contributed by atoms with Crippen molar-refractivity contribution in [1.29, 1.82) is 5.26 Å². The van der Waals surface area contributed by atoms with Crippen molar-refractivity contribution in [3.05, 3.63) is 58.9 Å². The molecule has 0 saturated heterocycles. The van der Waals surface area contributed by atoms with Gasteiger partial charge in [-0.1, -0.05) is 0 Å². The molecule has 0 aliphatic carbocycles. The van der Waals surface area contributed by atoms with E-state index in [0.29, 0.717) is 16.9 Å². The first-order valence-corrected chi connectivity index (χ1v) is 5.98. The van der Waals surface area contributed by atoms with Gasteiger partial charge in [-0.25, -0.2) is 9.78 Å². The third kappa shape index (κ3) is 3.12. The number of hydrogen-bond donors (Lipinski definition) is 1. The van der Waals surface area contributed by atoms with Crippen molar-refractivity contribution in [3.63, 3.8) is 0 Å². The van der Waals surface area contributed by atoms with Crippen LogP contribution in [0, 0.1) is 18.3 Å². The van der Waals surface area contributed by atoms with Crippen molar-refractivity contribution in [1.82, 2.24) is 4.98 Å². The van der Waals surface area contributed by atoms with Crippen LogP contribution in [0.3, 0.4) is 0 Å². The molecule has 1 heterocycles. The van der Waals surface area contributed by atoms with Crippen LogP contribution < -0.4 is 5.73 Å². The SMILES string of the molecule is Cc1cc(N)ccc1C(=O)OCc1ccnc(C#N)c1. The van der Waals surface area contributed by atoms with Gasteiger partial charge >= 0.3 is 5.97 Å². The van der Waals surface area contributed by atoms with Gasteiger partial charge in [0.2, 0.25) is 0 Å². The molecule has 5 heteroatoms. The van der Waals surface area contributed by atoms with Gasteiger partial charge in [0.1, 0.15) is 18.4 Å². The first kappa shape index (κ1) is 13.6. The van der Waals surface area contributed by atoms with Crippen LogP contribution in [0.5, 0.6) is 0 Å². The van der Waals surface area contributed by atoms with Crippen LogP contribution in [0.4, 0.5) is 5.69 Å². The van der Waals surface area contributed by atoms with Crippen molar-refractivity contribution in [2.24, 2.45) is 0 Å². The Labute approximate surface area is 116 Å². The molecular formula is C15H13N3O2. The maximum Gasteiger partial charge on any atom is 0.338 e. The third-order valence-electron chi connectivity index (χ3n) is 2.78. The summed E-state index contributed by atoms with van der Waals surface area (Å²) in [6, 6.07) is 10.2. The number of carbonyl (C=O) groups excluding carboxylic acids is 1. The Morgan fingerprint density at radius 3 is 2.90 bits per heavy atom. The summed E-state index contributed by atoms with van der Waals surface area (Å²) in [5, 5.41) is 8.75. The zero-order valence-corrected chi connectivity index (χ0v) is 11.0. The zero-order chi connectivity index (χ0) is 14.5. The van der Waals surface area contributed by atoms with Crippen molar-refractivity contribution >= 4 is 11.7 Å². The molecular weight excluding hydrogens is 254 g/mol. The zero-order valence-electron chi connectivity index (χ0n) is 11.0. The predicted molar refractivity (Wildman–Crippen MR) is 73.7 cm³/mol. The highest BCUT2D eigenvalue weighted by Gasteiger charge is 2.10. The second-order valence-corrected chi connectivity index (χ2v) is 4.31. The predicted octanol–water partition coefficient (Wildman–Crippen LogP) is 2.20. The van der Waals surface area contributed by atoms with E-state index < -0.39 is 5.97 Å². The van der Waals surface area contributed by atoms with E-state index in [2.05, 4.69) is 4.98 Å². The summed E-state index contributed by atoms with van der Waals surface area (Å²) in [4.78, 5) is 15.8. The van der Waals surface area contributed by atoms with Gasteiger partial charge in [0.15, 0.2) is 0 Å². The number of nitrogen functional groups attached to an aromatic ring is 1. The molecule has 0 radical (unpaired) electrons. The number of aryl methyl sites for hydroxylation is 1. The highest BCUT2D eigenvalue weighted by Crippen LogP contribution is 2.14. The van der Waals surface area contributed by atoms with Crippen molar-refractivity contribution in [3.8, 4) is 6.07 Å². The van der Waals surface area contributed by atoms with E-state index in [0.717, 1.165) is 11.1 Å². The molecule has 2 N–H and O–H groups in total. The van der Waals surface area contributed by atoms with E-state index in [1.54, 1.807) is 37.3 Å². The minimum absolute atomic E-state index is 0.0971. The van der Waals surface area contributed by atoms with Crippen molar-refractivity contribution in [2.75, 3.05) is 5.73 Å². The molecule has 0 aliphatic heterocycles. The fourth-order valence-corrected chi connectivity index (χ4v) is 1.77. The minimum Gasteiger partial charge on any atom is -0.457 e. The highest BCUT2D eigenvalue weighted by atomic mass is 16.5. The van der Waals surface area contributed by atoms with E-state index in [-0.39, 0.29) is 6.61 Å². The topological polar surface area (TPSA) is 89.0 Å². The molecule has 20 heavy (non-hydrogen) atoms. The van der Waals surface area contributed by atoms with E-state index in [1.807, 2.05) is 6.07 Å². The molecule has 0 saturated carbocycles. The number of anilines is 1. The van der Waals surface area contributed by atoms with Crippen LogP contribution in [-0.2, 0) is 11.3 Å². The average Bonchev–Trinajstić information content (AvgIpc) is 2.45. The van der Waals surface area contributed by atoms with Crippen LogP contribution >= 0.6 is 0 Å². The Bertz CT molecular complexity index is 690. The Hall–Kier alpha value is -2.87. The summed E-state index contributed by atoms with van der Waals surface area (Å²) in [7, 11) is 0. The number of carbonyl (C=O) groups is 1. The summed E-state index contributed by atoms with van der Waals surface area (Å²) in [6.07, 6.45) is 1.51. The number of benzene rings is 1. The van der Waals surface area contributed by atoms with Gasteiger partial charge in [-0.2, -0.15) is 5.26 Å².